The molecule has 1 atom stereocenters. The fourth-order valence-electron chi connectivity index (χ4n) is 2.05. The zero-order chi connectivity index (χ0) is 13.7. The highest BCUT2D eigenvalue weighted by atomic mass is 79.9. The summed E-state index contributed by atoms with van der Waals surface area (Å²) in [6.07, 6.45) is 3.16. The van der Waals surface area contributed by atoms with Crippen LogP contribution in [-0.2, 0) is 6.42 Å². The van der Waals surface area contributed by atoms with Crippen LogP contribution in [0, 0.1) is 0 Å². The van der Waals surface area contributed by atoms with Crippen LogP contribution in [0.1, 0.15) is 23.4 Å². The van der Waals surface area contributed by atoms with Crippen molar-refractivity contribution in [1.29, 1.82) is 0 Å². The van der Waals surface area contributed by atoms with Crippen LogP contribution in [0.2, 0.25) is 0 Å². The van der Waals surface area contributed by atoms with Crippen LogP contribution in [0.15, 0.2) is 45.1 Å². The lowest BCUT2D eigenvalue weighted by molar-refractivity contribution is 0.553. The third-order valence-electron chi connectivity index (χ3n) is 3.00. The normalized spacial score (nSPS) is 12.6. The predicted molar refractivity (Wildman–Crippen MR) is 90.4 cm³/mol. The molecule has 0 spiro atoms. The fourth-order valence-corrected chi connectivity index (χ4v) is 3.99. The first-order valence-corrected chi connectivity index (χ1v) is 9.18. The molecule has 0 aliphatic carbocycles. The molecule has 2 aromatic rings. The summed E-state index contributed by atoms with van der Waals surface area (Å²) in [6, 6.07) is 13.6. The molecule has 0 aliphatic heterocycles. The summed E-state index contributed by atoms with van der Waals surface area (Å²) in [5.74, 6) is 0. The van der Waals surface area contributed by atoms with Crippen LogP contribution in [-0.4, -0.2) is 12.8 Å². The van der Waals surface area contributed by atoms with Crippen LogP contribution >= 0.6 is 39.0 Å². The van der Waals surface area contributed by atoms with Gasteiger partial charge in [0.1, 0.15) is 0 Å². The van der Waals surface area contributed by atoms with Gasteiger partial charge in [-0.2, -0.15) is 0 Å². The van der Waals surface area contributed by atoms with Gasteiger partial charge in [0.05, 0.1) is 3.79 Å². The van der Waals surface area contributed by atoms with E-state index in [2.05, 4.69) is 70.8 Å². The molecule has 2 rings (SSSR count). The number of thiophene rings is 1. The molecule has 4 heteroatoms. The molecular formula is C15H18BrNS2. The van der Waals surface area contributed by atoms with E-state index in [1.807, 2.05) is 11.3 Å². The molecule has 1 heterocycles. The third kappa shape index (κ3) is 4.35. The summed E-state index contributed by atoms with van der Waals surface area (Å²) in [4.78, 5) is 2.73. The molecule has 0 aliphatic rings. The molecule has 1 nitrogen and oxygen atoms in total. The minimum Gasteiger partial charge on any atom is -0.310 e. The van der Waals surface area contributed by atoms with E-state index in [0.29, 0.717) is 6.04 Å². The maximum absolute atomic E-state index is 3.58. The van der Waals surface area contributed by atoms with E-state index in [1.165, 1.54) is 19.1 Å². The van der Waals surface area contributed by atoms with Crippen molar-refractivity contribution in [2.75, 3.05) is 12.8 Å². The standard InChI is InChI=1S/C15H18BrNS2/c1-3-17-14(10-13-8-9-15(16)19-13)11-4-6-12(18-2)7-5-11/h4-9,14,17H,3,10H2,1-2H3. The topological polar surface area (TPSA) is 12.0 Å². The zero-order valence-corrected chi connectivity index (χ0v) is 14.4. The van der Waals surface area contributed by atoms with Gasteiger partial charge in [-0.05, 0) is 58.6 Å². The van der Waals surface area contributed by atoms with Crippen LogP contribution in [0.25, 0.3) is 0 Å². The van der Waals surface area contributed by atoms with Gasteiger partial charge in [0.25, 0.3) is 0 Å². The Morgan fingerprint density at radius 2 is 1.95 bits per heavy atom. The predicted octanol–water partition coefficient (Wildman–Crippen LogP) is 5.13. The Labute approximate surface area is 131 Å². The third-order valence-corrected chi connectivity index (χ3v) is 5.39. The molecule has 1 aromatic heterocycles. The van der Waals surface area contributed by atoms with Gasteiger partial charge in [-0.15, -0.1) is 23.1 Å². The summed E-state index contributed by atoms with van der Waals surface area (Å²) >= 11 is 7.13. The Morgan fingerprint density at radius 1 is 1.21 bits per heavy atom. The van der Waals surface area contributed by atoms with Gasteiger partial charge < -0.3 is 5.32 Å². The first kappa shape index (κ1) is 15.1. The van der Waals surface area contributed by atoms with Gasteiger partial charge in [-0.25, -0.2) is 0 Å². The first-order chi connectivity index (χ1) is 9.22. The maximum atomic E-state index is 3.58. The maximum Gasteiger partial charge on any atom is 0.0701 e. The lowest BCUT2D eigenvalue weighted by atomic mass is 10.0. The van der Waals surface area contributed by atoms with E-state index >= 15 is 0 Å². The number of hydrogen-bond acceptors (Lipinski definition) is 3. The monoisotopic (exact) mass is 355 g/mol. The van der Waals surface area contributed by atoms with Crippen molar-refractivity contribution in [2.45, 2.75) is 24.3 Å². The smallest absolute Gasteiger partial charge is 0.0701 e. The molecule has 19 heavy (non-hydrogen) atoms. The van der Waals surface area contributed by atoms with E-state index in [9.17, 15) is 0 Å². The second-order valence-corrected chi connectivity index (χ2v) is 7.72. The number of nitrogens with one attached hydrogen (secondary N) is 1. The Balaban J connectivity index is 2.13. The minimum absolute atomic E-state index is 0.395. The van der Waals surface area contributed by atoms with Gasteiger partial charge in [0.2, 0.25) is 0 Å². The average molecular weight is 356 g/mol. The number of thioether (sulfide) groups is 1. The van der Waals surface area contributed by atoms with E-state index in [1.54, 1.807) is 11.8 Å². The lowest BCUT2D eigenvalue weighted by Crippen LogP contribution is -2.22. The van der Waals surface area contributed by atoms with Crippen LogP contribution in [0.3, 0.4) is 0 Å². The largest absolute Gasteiger partial charge is 0.310 e. The highest BCUT2D eigenvalue weighted by Gasteiger charge is 2.12. The fraction of sp³-hybridized carbons (Fsp3) is 0.333. The summed E-state index contributed by atoms with van der Waals surface area (Å²) in [6.45, 7) is 3.15. The molecule has 0 bridgehead atoms. The molecule has 102 valence electrons. The van der Waals surface area contributed by atoms with Gasteiger partial charge >= 0.3 is 0 Å². The van der Waals surface area contributed by atoms with Gasteiger partial charge in [0.15, 0.2) is 0 Å². The lowest BCUT2D eigenvalue weighted by Gasteiger charge is -2.18. The molecule has 0 saturated carbocycles. The van der Waals surface area contributed by atoms with Crippen molar-refractivity contribution in [3.8, 4) is 0 Å². The number of benzene rings is 1. The Bertz CT molecular complexity index is 507. The van der Waals surface area contributed by atoms with Crippen molar-refractivity contribution in [3.63, 3.8) is 0 Å². The van der Waals surface area contributed by atoms with Crippen molar-refractivity contribution in [2.24, 2.45) is 0 Å². The SMILES string of the molecule is CCNC(Cc1ccc(Br)s1)c1ccc(SC)cc1. The molecule has 1 aromatic carbocycles. The molecular weight excluding hydrogens is 338 g/mol. The molecule has 0 radical (unpaired) electrons. The molecule has 0 saturated heterocycles. The molecule has 1 unspecified atom stereocenters. The number of rotatable bonds is 6. The van der Waals surface area contributed by atoms with Crippen molar-refractivity contribution < 1.29 is 0 Å². The average Bonchev–Trinajstić information content (AvgIpc) is 2.84. The summed E-state index contributed by atoms with van der Waals surface area (Å²) < 4.78 is 1.20. The van der Waals surface area contributed by atoms with Crippen molar-refractivity contribution in [1.82, 2.24) is 5.32 Å². The van der Waals surface area contributed by atoms with Crippen LogP contribution < -0.4 is 5.32 Å². The summed E-state index contributed by atoms with van der Waals surface area (Å²) in [5.41, 5.74) is 1.36. The van der Waals surface area contributed by atoms with E-state index in [4.69, 9.17) is 0 Å². The van der Waals surface area contributed by atoms with E-state index < -0.39 is 0 Å². The second kappa shape index (κ2) is 7.48. The Kier molecular flexibility index (Phi) is 5.95. The highest BCUT2D eigenvalue weighted by molar-refractivity contribution is 9.11. The Hall–Kier alpha value is -0.290. The van der Waals surface area contributed by atoms with Gasteiger partial charge in [0, 0.05) is 22.2 Å². The molecule has 0 amide bonds. The summed E-state index contributed by atoms with van der Waals surface area (Å²) in [5, 5.41) is 3.58. The van der Waals surface area contributed by atoms with Crippen molar-refractivity contribution in [3.05, 3.63) is 50.6 Å². The van der Waals surface area contributed by atoms with Gasteiger partial charge in [-0.1, -0.05) is 19.1 Å². The molecule has 1 N–H and O–H groups in total. The number of halogens is 1. The number of likely N-dealkylation sites (N-methyl/N-ethyl adjacent to an activating group) is 1. The number of hydrogen-bond donors (Lipinski definition) is 1. The first-order valence-electron chi connectivity index (χ1n) is 6.34. The van der Waals surface area contributed by atoms with Gasteiger partial charge in [-0.3, -0.25) is 0 Å². The highest BCUT2D eigenvalue weighted by Crippen LogP contribution is 2.27. The summed E-state index contributed by atoms with van der Waals surface area (Å²) in [7, 11) is 0. The minimum atomic E-state index is 0.395. The molecule has 0 fully saturated rings. The van der Waals surface area contributed by atoms with Crippen LogP contribution in [0.5, 0.6) is 0 Å². The van der Waals surface area contributed by atoms with E-state index in [-0.39, 0.29) is 0 Å². The van der Waals surface area contributed by atoms with E-state index in [0.717, 1.165) is 13.0 Å². The van der Waals surface area contributed by atoms with Crippen LogP contribution in [0.4, 0.5) is 0 Å². The second-order valence-electron chi connectivity index (χ2n) is 4.29. The Morgan fingerprint density at radius 3 is 2.47 bits per heavy atom. The van der Waals surface area contributed by atoms with Crippen molar-refractivity contribution >= 4 is 39.0 Å². The zero-order valence-electron chi connectivity index (χ0n) is 11.2. The quantitative estimate of drug-likeness (QED) is 0.721.